The number of Topliss-reactive ketones (excluding diaryl/α,β-unsaturated/α-hetero) is 1. The van der Waals surface area contributed by atoms with Crippen LogP contribution < -0.4 is 4.74 Å². The lowest BCUT2D eigenvalue weighted by Crippen LogP contribution is -2.45. The topological polar surface area (TPSA) is 55.8 Å². The summed E-state index contributed by atoms with van der Waals surface area (Å²) in [5.74, 6) is -0.167. The second-order valence-corrected chi connectivity index (χ2v) is 5.42. The fourth-order valence-corrected chi connectivity index (χ4v) is 2.63. The molecule has 1 aliphatic rings. The number of nitrogens with zero attached hydrogens (tertiary/aromatic N) is 1. The lowest BCUT2D eigenvalue weighted by atomic mass is 9.96. The van der Waals surface area contributed by atoms with E-state index in [1.54, 1.807) is 14.0 Å². The van der Waals surface area contributed by atoms with E-state index in [1.165, 1.54) is 5.56 Å². The van der Waals surface area contributed by atoms with E-state index >= 15 is 0 Å². The average molecular weight is 305 g/mol. The van der Waals surface area contributed by atoms with E-state index in [9.17, 15) is 9.59 Å². The van der Waals surface area contributed by atoms with Gasteiger partial charge in [0.1, 0.15) is 17.5 Å². The van der Waals surface area contributed by atoms with Crippen molar-refractivity contribution in [2.24, 2.45) is 5.92 Å². The van der Waals surface area contributed by atoms with Gasteiger partial charge in [-0.15, -0.1) is 0 Å². The van der Waals surface area contributed by atoms with Crippen LogP contribution in [0.2, 0.25) is 0 Å². The number of likely N-dealkylation sites (tertiary alicyclic amines) is 1. The minimum atomic E-state index is -0.621. The van der Waals surface area contributed by atoms with Crippen molar-refractivity contribution >= 4 is 11.8 Å². The van der Waals surface area contributed by atoms with Crippen molar-refractivity contribution in [2.75, 3.05) is 33.4 Å². The van der Waals surface area contributed by atoms with Gasteiger partial charge in [0.25, 0.3) is 0 Å². The molecule has 0 aromatic heterocycles. The summed E-state index contributed by atoms with van der Waals surface area (Å²) in [7, 11) is 1.65. The largest absolute Gasteiger partial charge is 0.497 e. The first-order valence-corrected chi connectivity index (χ1v) is 7.68. The summed E-state index contributed by atoms with van der Waals surface area (Å²) in [6.45, 7) is 4.08. The van der Waals surface area contributed by atoms with Crippen LogP contribution in [0.5, 0.6) is 5.75 Å². The van der Waals surface area contributed by atoms with Gasteiger partial charge in [-0.2, -0.15) is 0 Å². The molecular weight excluding hydrogens is 282 g/mol. The molecular formula is C17H23NO4. The highest BCUT2D eigenvalue weighted by Crippen LogP contribution is 2.16. The Bertz CT molecular complexity index is 512. The van der Waals surface area contributed by atoms with Gasteiger partial charge < -0.3 is 14.4 Å². The van der Waals surface area contributed by atoms with E-state index in [0.29, 0.717) is 26.1 Å². The number of ketones is 1. The van der Waals surface area contributed by atoms with Crippen molar-refractivity contribution in [3.63, 3.8) is 0 Å². The van der Waals surface area contributed by atoms with Gasteiger partial charge in [-0.1, -0.05) is 12.1 Å². The van der Waals surface area contributed by atoms with Gasteiger partial charge in [-0.3, -0.25) is 9.59 Å². The number of methoxy groups -OCH3 is 1. The molecule has 1 saturated heterocycles. The molecule has 0 N–H and O–H groups in total. The van der Waals surface area contributed by atoms with Crippen LogP contribution in [-0.4, -0.2) is 50.0 Å². The van der Waals surface area contributed by atoms with Crippen molar-refractivity contribution in [3.8, 4) is 5.75 Å². The summed E-state index contributed by atoms with van der Waals surface area (Å²) >= 11 is 0. The first-order chi connectivity index (χ1) is 10.6. The molecule has 0 radical (unpaired) electrons. The second kappa shape index (κ2) is 7.94. The van der Waals surface area contributed by atoms with Crippen LogP contribution in [0.3, 0.4) is 0 Å². The molecule has 1 fully saturated rings. The van der Waals surface area contributed by atoms with Crippen LogP contribution in [0.15, 0.2) is 24.3 Å². The maximum atomic E-state index is 11.9. The molecule has 0 bridgehead atoms. The van der Waals surface area contributed by atoms with Gasteiger partial charge in [-0.05, 0) is 31.0 Å². The lowest BCUT2D eigenvalue weighted by molar-refractivity contribution is -0.153. The summed E-state index contributed by atoms with van der Waals surface area (Å²) in [4.78, 5) is 25.8. The van der Waals surface area contributed by atoms with Crippen molar-refractivity contribution in [1.29, 1.82) is 0 Å². The Hall–Kier alpha value is -1.88. The number of ether oxygens (including phenoxy) is 2. The van der Waals surface area contributed by atoms with E-state index in [2.05, 4.69) is 4.90 Å². The number of carbonyl (C=O) groups excluding carboxylic acids is 2. The van der Waals surface area contributed by atoms with E-state index in [0.717, 1.165) is 18.7 Å². The number of piperidine rings is 1. The van der Waals surface area contributed by atoms with Crippen LogP contribution in [0, 0.1) is 5.92 Å². The monoisotopic (exact) mass is 305 g/mol. The van der Waals surface area contributed by atoms with Gasteiger partial charge in [-0.25, -0.2) is 0 Å². The molecule has 2 rings (SSSR count). The number of benzene rings is 1. The Morgan fingerprint density at radius 3 is 2.68 bits per heavy atom. The second-order valence-electron chi connectivity index (χ2n) is 5.42. The molecule has 0 spiro atoms. The highest BCUT2D eigenvalue weighted by molar-refractivity contribution is 5.99. The quantitative estimate of drug-likeness (QED) is 0.591. The van der Waals surface area contributed by atoms with Crippen molar-refractivity contribution in [2.45, 2.75) is 19.8 Å². The summed E-state index contributed by atoms with van der Waals surface area (Å²) in [5, 5.41) is 0. The first-order valence-electron chi connectivity index (χ1n) is 7.68. The molecule has 0 amide bonds. The van der Waals surface area contributed by atoms with Gasteiger partial charge in [0.2, 0.25) is 0 Å². The average Bonchev–Trinajstić information content (AvgIpc) is 2.54. The first kappa shape index (κ1) is 16.5. The maximum Gasteiger partial charge on any atom is 0.317 e. The van der Waals surface area contributed by atoms with Gasteiger partial charge >= 0.3 is 5.97 Å². The smallest absolute Gasteiger partial charge is 0.317 e. The van der Waals surface area contributed by atoms with Crippen LogP contribution >= 0.6 is 0 Å². The van der Waals surface area contributed by atoms with Crippen LogP contribution in [0.4, 0.5) is 0 Å². The van der Waals surface area contributed by atoms with Crippen LogP contribution in [0.1, 0.15) is 18.9 Å². The molecule has 1 aliphatic heterocycles. The molecule has 5 nitrogen and oxygen atoms in total. The Balaban J connectivity index is 1.87. The summed E-state index contributed by atoms with van der Waals surface area (Å²) in [6, 6.07) is 7.96. The highest BCUT2D eigenvalue weighted by Gasteiger charge is 2.33. The van der Waals surface area contributed by atoms with Gasteiger partial charge in [0, 0.05) is 26.1 Å². The van der Waals surface area contributed by atoms with Crippen molar-refractivity contribution < 1.29 is 19.1 Å². The molecule has 1 aromatic carbocycles. The number of carbonyl (C=O) groups is 2. The van der Waals surface area contributed by atoms with Crippen molar-refractivity contribution in [1.82, 2.24) is 4.90 Å². The fourth-order valence-electron chi connectivity index (χ4n) is 2.63. The Morgan fingerprint density at radius 2 is 2.05 bits per heavy atom. The van der Waals surface area contributed by atoms with Gasteiger partial charge in [0.15, 0.2) is 0 Å². The normalized spacial score (nSPS) is 19.0. The predicted molar refractivity (Wildman–Crippen MR) is 82.9 cm³/mol. The zero-order valence-corrected chi connectivity index (χ0v) is 13.2. The van der Waals surface area contributed by atoms with E-state index in [-0.39, 0.29) is 11.8 Å². The Labute approximate surface area is 131 Å². The zero-order chi connectivity index (χ0) is 15.9. The third-order valence-corrected chi connectivity index (χ3v) is 3.95. The standard InChI is InChI=1S/C17H23NO4/c1-3-22-17(20)15-12-18(11-9-16(15)19)10-8-13-4-6-14(21-2)7-5-13/h4-7,15H,3,8-12H2,1-2H3. The van der Waals surface area contributed by atoms with Crippen LogP contribution in [-0.2, 0) is 20.7 Å². The molecule has 5 heteroatoms. The maximum absolute atomic E-state index is 11.9. The summed E-state index contributed by atoms with van der Waals surface area (Å²) in [5.41, 5.74) is 1.21. The molecule has 0 aliphatic carbocycles. The molecule has 1 unspecified atom stereocenters. The SMILES string of the molecule is CCOC(=O)C1CN(CCc2ccc(OC)cc2)CCC1=O. The fraction of sp³-hybridized carbons (Fsp3) is 0.529. The molecule has 120 valence electrons. The number of hydrogen-bond donors (Lipinski definition) is 0. The predicted octanol–water partition coefficient (Wildman–Crippen LogP) is 1.69. The Kier molecular flexibility index (Phi) is 5.95. The minimum Gasteiger partial charge on any atom is -0.497 e. The van der Waals surface area contributed by atoms with Gasteiger partial charge in [0.05, 0.1) is 13.7 Å². The number of hydrogen-bond acceptors (Lipinski definition) is 5. The molecule has 1 aromatic rings. The van der Waals surface area contributed by atoms with E-state index < -0.39 is 5.92 Å². The van der Waals surface area contributed by atoms with E-state index in [1.807, 2.05) is 24.3 Å². The molecule has 22 heavy (non-hydrogen) atoms. The van der Waals surface area contributed by atoms with E-state index in [4.69, 9.17) is 9.47 Å². The molecule has 1 atom stereocenters. The third kappa shape index (κ3) is 4.31. The number of rotatable bonds is 6. The Morgan fingerprint density at radius 1 is 1.32 bits per heavy atom. The molecule has 1 heterocycles. The third-order valence-electron chi connectivity index (χ3n) is 3.95. The summed E-state index contributed by atoms with van der Waals surface area (Å²) < 4.78 is 10.1. The lowest BCUT2D eigenvalue weighted by Gasteiger charge is -2.30. The number of esters is 1. The minimum absolute atomic E-state index is 0.000789. The van der Waals surface area contributed by atoms with Crippen LogP contribution in [0.25, 0.3) is 0 Å². The summed E-state index contributed by atoms with van der Waals surface area (Å²) in [6.07, 6.45) is 1.31. The zero-order valence-electron chi connectivity index (χ0n) is 13.2. The van der Waals surface area contributed by atoms with Crippen molar-refractivity contribution in [3.05, 3.63) is 29.8 Å². The highest BCUT2D eigenvalue weighted by atomic mass is 16.5. The molecule has 0 saturated carbocycles.